The monoisotopic (exact) mass is 408 g/mol. The molecule has 1 saturated carbocycles. The standard InChI is InChI=1S/C25H32N2O3/c1-4-24(29)10-11-25(5-2)20(14-24)16-30-15-19-13-18(8-9-21(19)25)23(28)27-22-7-6-12-26-17(22)3/h6-9,12-13,20,29H,4-5,10-11,14-16H2,1-3H3,(H,27,28)/t20-,24-,25-/m1/s1. The van der Waals surface area contributed by atoms with Gasteiger partial charge in [-0.05, 0) is 80.3 Å². The predicted octanol–water partition coefficient (Wildman–Crippen LogP) is 4.76. The number of fused-ring (bicyclic) bond motifs is 3. The molecule has 2 heterocycles. The molecule has 30 heavy (non-hydrogen) atoms. The van der Waals surface area contributed by atoms with Crippen molar-refractivity contribution in [3.8, 4) is 0 Å². The highest BCUT2D eigenvalue weighted by molar-refractivity contribution is 6.04. The number of nitrogens with one attached hydrogen (secondary N) is 1. The fourth-order valence-corrected chi connectivity index (χ4v) is 5.43. The van der Waals surface area contributed by atoms with Crippen molar-refractivity contribution in [3.63, 3.8) is 0 Å². The molecule has 1 aliphatic heterocycles. The second kappa shape index (κ2) is 8.12. The number of aromatic nitrogens is 1. The minimum absolute atomic E-state index is 0.00216. The van der Waals surface area contributed by atoms with E-state index in [-0.39, 0.29) is 11.3 Å². The van der Waals surface area contributed by atoms with Crippen molar-refractivity contribution in [1.29, 1.82) is 0 Å². The molecule has 0 radical (unpaired) electrons. The van der Waals surface area contributed by atoms with Crippen molar-refractivity contribution in [2.45, 2.75) is 70.5 Å². The molecule has 1 aromatic carbocycles. The third kappa shape index (κ3) is 3.65. The highest BCUT2D eigenvalue weighted by Gasteiger charge is 2.49. The van der Waals surface area contributed by atoms with E-state index in [1.54, 1.807) is 6.20 Å². The minimum Gasteiger partial charge on any atom is -0.390 e. The smallest absolute Gasteiger partial charge is 0.255 e. The fraction of sp³-hybridized carbons (Fsp3) is 0.520. The van der Waals surface area contributed by atoms with Crippen molar-refractivity contribution in [2.24, 2.45) is 5.92 Å². The van der Waals surface area contributed by atoms with Crippen LogP contribution in [-0.4, -0.2) is 28.2 Å². The molecule has 2 N–H and O–H groups in total. The van der Waals surface area contributed by atoms with E-state index in [9.17, 15) is 9.90 Å². The number of amides is 1. The summed E-state index contributed by atoms with van der Waals surface area (Å²) in [5.41, 5.74) is 3.95. The number of benzene rings is 1. The molecular weight excluding hydrogens is 376 g/mol. The first-order valence-corrected chi connectivity index (χ1v) is 11.1. The molecule has 0 bridgehead atoms. The van der Waals surface area contributed by atoms with Gasteiger partial charge in [0.15, 0.2) is 0 Å². The number of rotatable bonds is 4. The second-order valence-corrected chi connectivity index (χ2v) is 8.97. The Hall–Kier alpha value is -2.24. The van der Waals surface area contributed by atoms with Crippen LogP contribution in [0.3, 0.4) is 0 Å². The molecule has 160 valence electrons. The van der Waals surface area contributed by atoms with Crippen LogP contribution >= 0.6 is 0 Å². The molecular formula is C25H32N2O3. The van der Waals surface area contributed by atoms with E-state index in [4.69, 9.17) is 4.74 Å². The highest BCUT2D eigenvalue weighted by Crippen LogP contribution is 2.52. The Morgan fingerprint density at radius 2 is 2.10 bits per heavy atom. The quantitative estimate of drug-likeness (QED) is 0.765. The van der Waals surface area contributed by atoms with Gasteiger partial charge in [-0.15, -0.1) is 0 Å². The molecule has 5 heteroatoms. The van der Waals surface area contributed by atoms with E-state index >= 15 is 0 Å². The number of aliphatic hydroxyl groups is 1. The summed E-state index contributed by atoms with van der Waals surface area (Å²) in [7, 11) is 0. The maximum atomic E-state index is 12.9. The lowest BCUT2D eigenvalue weighted by Gasteiger charge is -2.49. The lowest BCUT2D eigenvalue weighted by molar-refractivity contribution is -0.0677. The number of aryl methyl sites for hydroxylation is 1. The first kappa shape index (κ1) is 21.0. The Morgan fingerprint density at radius 3 is 2.83 bits per heavy atom. The Kier molecular flexibility index (Phi) is 5.69. The molecule has 1 fully saturated rings. The summed E-state index contributed by atoms with van der Waals surface area (Å²) < 4.78 is 6.07. The van der Waals surface area contributed by atoms with E-state index in [0.29, 0.717) is 24.7 Å². The Bertz CT molecular complexity index is 944. The molecule has 1 amide bonds. The van der Waals surface area contributed by atoms with Gasteiger partial charge in [-0.2, -0.15) is 0 Å². The molecule has 0 spiro atoms. The summed E-state index contributed by atoms with van der Waals surface area (Å²) in [6.07, 6.45) is 6.05. The lowest BCUT2D eigenvalue weighted by atomic mass is 9.57. The van der Waals surface area contributed by atoms with Gasteiger partial charge >= 0.3 is 0 Å². The van der Waals surface area contributed by atoms with Gasteiger partial charge in [-0.1, -0.05) is 19.9 Å². The number of ether oxygens (including phenoxy) is 1. The van der Waals surface area contributed by atoms with Crippen LogP contribution in [0.4, 0.5) is 5.69 Å². The van der Waals surface area contributed by atoms with Crippen LogP contribution in [0.25, 0.3) is 0 Å². The zero-order valence-electron chi connectivity index (χ0n) is 18.2. The average molecular weight is 409 g/mol. The fourth-order valence-electron chi connectivity index (χ4n) is 5.43. The summed E-state index contributed by atoms with van der Waals surface area (Å²) in [5.74, 6) is 0.157. The van der Waals surface area contributed by atoms with Gasteiger partial charge in [0.25, 0.3) is 5.91 Å². The number of anilines is 1. The lowest BCUT2D eigenvalue weighted by Crippen LogP contribution is -2.48. The molecule has 1 aromatic heterocycles. The topological polar surface area (TPSA) is 71.5 Å². The molecule has 0 saturated heterocycles. The van der Waals surface area contributed by atoms with Gasteiger partial charge in [-0.25, -0.2) is 0 Å². The molecule has 3 atom stereocenters. The number of pyridine rings is 1. The Morgan fingerprint density at radius 1 is 1.27 bits per heavy atom. The summed E-state index contributed by atoms with van der Waals surface area (Å²) in [4.78, 5) is 17.1. The van der Waals surface area contributed by atoms with Crippen LogP contribution in [-0.2, 0) is 16.8 Å². The highest BCUT2D eigenvalue weighted by atomic mass is 16.5. The summed E-state index contributed by atoms with van der Waals surface area (Å²) in [6.45, 7) is 7.35. The average Bonchev–Trinajstić information content (AvgIpc) is 2.91. The molecule has 0 unspecified atom stereocenters. The maximum Gasteiger partial charge on any atom is 0.255 e. The number of nitrogens with zero attached hydrogens (tertiary/aromatic N) is 1. The minimum atomic E-state index is -0.585. The molecule has 1 aliphatic carbocycles. The summed E-state index contributed by atoms with van der Waals surface area (Å²) in [6, 6.07) is 9.72. The molecule has 4 rings (SSSR count). The van der Waals surface area contributed by atoms with E-state index < -0.39 is 5.60 Å². The largest absolute Gasteiger partial charge is 0.390 e. The van der Waals surface area contributed by atoms with Gasteiger partial charge in [0.05, 0.1) is 30.2 Å². The normalized spacial score (nSPS) is 28.2. The third-order valence-electron chi connectivity index (χ3n) is 7.47. The van der Waals surface area contributed by atoms with Gasteiger partial charge in [0.2, 0.25) is 0 Å². The van der Waals surface area contributed by atoms with Gasteiger partial charge in [0, 0.05) is 17.2 Å². The first-order chi connectivity index (χ1) is 14.4. The summed E-state index contributed by atoms with van der Waals surface area (Å²) >= 11 is 0. The number of hydrogen-bond acceptors (Lipinski definition) is 4. The van der Waals surface area contributed by atoms with Crippen LogP contribution in [0.1, 0.15) is 73.1 Å². The Labute approximate surface area is 178 Å². The van der Waals surface area contributed by atoms with E-state index in [1.807, 2.05) is 31.2 Å². The van der Waals surface area contributed by atoms with Crippen LogP contribution in [0.15, 0.2) is 36.5 Å². The number of hydrogen-bond donors (Lipinski definition) is 2. The van der Waals surface area contributed by atoms with Crippen molar-refractivity contribution in [3.05, 3.63) is 58.9 Å². The van der Waals surface area contributed by atoms with Crippen LogP contribution in [0.2, 0.25) is 0 Å². The maximum absolute atomic E-state index is 12.9. The van der Waals surface area contributed by atoms with Crippen molar-refractivity contribution in [1.82, 2.24) is 4.98 Å². The van der Waals surface area contributed by atoms with Crippen molar-refractivity contribution < 1.29 is 14.6 Å². The van der Waals surface area contributed by atoms with E-state index in [0.717, 1.165) is 49.0 Å². The van der Waals surface area contributed by atoms with E-state index in [2.05, 4.69) is 30.2 Å². The number of carbonyl (C=O) groups is 1. The number of carbonyl (C=O) groups excluding carboxylic acids is 1. The van der Waals surface area contributed by atoms with Crippen LogP contribution < -0.4 is 5.32 Å². The molecule has 2 aromatic rings. The van der Waals surface area contributed by atoms with Crippen LogP contribution in [0, 0.1) is 12.8 Å². The van der Waals surface area contributed by atoms with Gasteiger partial charge in [0.1, 0.15) is 0 Å². The van der Waals surface area contributed by atoms with Crippen molar-refractivity contribution >= 4 is 11.6 Å². The van der Waals surface area contributed by atoms with E-state index in [1.165, 1.54) is 5.56 Å². The van der Waals surface area contributed by atoms with Gasteiger partial charge in [-0.3, -0.25) is 9.78 Å². The predicted molar refractivity (Wildman–Crippen MR) is 118 cm³/mol. The van der Waals surface area contributed by atoms with Crippen LogP contribution in [0.5, 0.6) is 0 Å². The zero-order chi connectivity index (χ0) is 21.4. The second-order valence-electron chi connectivity index (χ2n) is 8.97. The molecule has 2 aliphatic rings. The van der Waals surface area contributed by atoms with Crippen molar-refractivity contribution in [2.75, 3.05) is 11.9 Å². The molecule has 5 nitrogen and oxygen atoms in total. The zero-order valence-corrected chi connectivity index (χ0v) is 18.2. The third-order valence-corrected chi connectivity index (χ3v) is 7.47. The first-order valence-electron chi connectivity index (χ1n) is 11.1. The Balaban J connectivity index is 1.65. The SMILES string of the molecule is CC[C@@]1(O)CC[C@@]2(CC)c3ccc(C(=O)Nc4cccnc4C)cc3COC[C@H]2C1. The van der Waals surface area contributed by atoms with Gasteiger partial charge < -0.3 is 15.2 Å². The summed E-state index contributed by atoms with van der Waals surface area (Å²) in [5, 5.41) is 13.9.